The molecule has 0 saturated carbocycles. The molecule has 114 valence electrons. The lowest BCUT2D eigenvalue weighted by Gasteiger charge is -2.26. The summed E-state index contributed by atoms with van der Waals surface area (Å²) in [6, 6.07) is 0. The van der Waals surface area contributed by atoms with Crippen molar-refractivity contribution in [2.45, 2.75) is 26.8 Å². The van der Waals surface area contributed by atoms with Gasteiger partial charge in [0.15, 0.2) is 0 Å². The Hall–Kier alpha value is -1.66. The van der Waals surface area contributed by atoms with Crippen LogP contribution in [0.15, 0.2) is 10.7 Å². The van der Waals surface area contributed by atoms with Crippen LogP contribution in [0, 0.1) is 19.3 Å². The van der Waals surface area contributed by atoms with E-state index in [0.717, 1.165) is 62.5 Å². The van der Waals surface area contributed by atoms with Crippen LogP contribution in [0.4, 0.5) is 0 Å². The molecule has 0 aromatic carbocycles. The van der Waals surface area contributed by atoms with Crippen LogP contribution in [0.1, 0.15) is 17.7 Å². The molecule has 6 heteroatoms. The second-order valence-corrected chi connectivity index (χ2v) is 5.56. The first kappa shape index (κ1) is 14.3. The quantitative estimate of drug-likeness (QED) is 0.925. The maximum Gasteiger partial charge on any atom is 0.231 e. The predicted octanol–water partition coefficient (Wildman–Crippen LogP) is 1.45. The van der Waals surface area contributed by atoms with Crippen molar-refractivity contribution in [3.63, 3.8) is 0 Å². The Morgan fingerprint density at radius 1 is 1.24 bits per heavy atom. The standard InChI is InChI=1S/C15H22N4O2/c1-11-12(2)21-15-13(11)14(16)19(10-17-15)5-3-4-18-6-8-20-9-7-18/h10,16H,3-9H2,1-2H3. The van der Waals surface area contributed by atoms with Gasteiger partial charge in [-0.15, -0.1) is 0 Å². The summed E-state index contributed by atoms with van der Waals surface area (Å²) >= 11 is 0. The average molecular weight is 290 g/mol. The van der Waals surface area contributed by atoms with E-state index in [0.29, 0.717) is 11.2 Å². The van der Waals surface area contributed by atoms with Crippen molar-refractivity contribution in [2.75, 3.05) is 32.8 Å². The van der Waals surface area contributed by atoms with Crippen LogP contribution in [0.25, 0.3) is 11.1 Å². The van der Waals surface area contributed by atoms with Gasteiger partial charge in [0.2, 0.25) is 5.71 Å². The molecule has 0 aliphatic carbocycles. The number of fused-ring (bicyclic) bond motifs is 1. The topological polar surface area (TPSA) is 67.3 Å². The van der Waals surface area contributed by atoms with Crippen LogP contribution in [0.2, 0.25) is 0 Å². The van der Waals surface area contributed by atoms with Crippen molar-refractivity contribution in [1.82, 2.24) is 14.5 Å². The Labute approximate surface area is 123 Å². The van der Waals surface area contributed by atoms with E-state index in [4.69, 9.17) is 14.6 Å². The second-order valence-electron chi connectivity index (χ2n) is 5.56. The fourth-order valence-corrected chi connectivity index (χ4v) is 2.76. The lowest BCUT2D eigenvalue weighted by Crippen LogP contribution is -2.37. The molecule has 3 rings (SSSR count). The normalized spacial score (nSPS) is 16.7. The van der Waals surface area contributed by atoms with Crippen molar-refractivity contribution in [3.05, 3.63) is 23.1 Å². The molecule has 2 aromatic heterocycles. The van der Waals surface area contributed by atoms with Gasteiger partial charge >= 0.3 is 0 Å². The molecule has 0 atom stereocenters. The summed E-state index contributed by atoms with van der Waals surface area (Å²) in [6.45, 7) is 9.43. The largest absolute Gasteiger partial charge is 0.443 e. The molecule has 1 saturated heterocycles. The molecule has 21 heavy (non-hydrogen) atoms. The highest BCUT2D eigenvalue weighted by molar-refractivity contribution is 5.76. The lowest BCUT2D eigenvalue weighted by molar-refractivity contribution is 0.0369. The van der Waals surface area contributed by atoms with E-state index >= 15 is 0 Å². The summed E-state index contributed by atoms with van der Waals surface area (Å²) in [5, 5.41) is 9.18. The Morgan fingerprint density at radius 2 is 2.00 bits per heavy atom. The van der Waals surface area contributed by atoms with Gasteiger partial charge in [-0.05, 0) is 20.3 Å². The zero-order chi connectivity index (χ0) is 14.8. The minimum absolute atomic E-state index is 0.497. The number of aryl methyl sites for hydroxylation is 3. The maximum absolute atomic E-state index is 8.35. The number of hydrogen-bond acceptors (Lipinski definition) is 5. The Morgan fingerprint density at radius 3 is 2.76 bits per heavy atom. The van der Waals surface area contributed by atoms with Crippen LogP contribution < -0.4 is 5.49 Å². The third-order valence-corrected chi connectivity index (χ3v) is 4.18. The van der Waals surface area contributed by atoms with Gasteiger partial charge in [0.25, 0.3) is 0 Å². The van der Waals surface area contributed by atoms with Crippen LogP contribution in [0.5, 0.6) is 0 Å². The zero-order valence-corrected chi connectivity index (χ0v) is 12.7. The molecule has 0 amide bonds. The lowest BCUT2D eigenvalue weighted by atomic mass is 10.2. The van der Waals surface area contributed by atoms with Crippen LogP contribution in [-0.2, 0) is 11.3 Å². The molecule has 1 N–H and O–H groups in total. The molecule has 0 bridgehead atoms. The number of ether oxygens (including phenoxy) is 1. The number of hydrogen-bond donors (Lipinski definition) is 1. The maximum atomic E-state index is 8.35. The smallest absolute Gasteiger partial charge is 0.231 e. The minimum Gasteiger partial charge on any atom is -0.443 e. The van der Waals surface area contributed by atoms with Crippen molar-refractivity contribution >= 4 is 11.1 Å². The van der Waals surface area contributed by atoms with Crippen molar-refractivity contribution < 1.29 is 9.15 Å². The number of furan rings is 1. The van der Waals surface area contributed by atoms with E-state index in [1.54, 1.807) is 6.33 Å². The summed E-state index contributed by atoms with van der Waals surface area (Å²) in [5.41, 5.74) is 2.08. The van der Waals surface area contributed by atoms with Crippen LogP contribution in [0.3, 0.4) is 0 Å². The van der Waals surface area contributed by atoms with Gasteiger partial charge in [-0.25, -0.2) is 4.98 Å². The summed E-state index contributed by atoms with van der Waals surface area (Å²) in [5.74, 6) is 0.845. The van der Waals surface area contributed by atoms with Crippen molar-refractivity contribution in [2.24, 2.45) is 0 Å². The molecule has 1 aliphatic rings. The Bertz CT molecular complexity index is 683. The van der Waals surface area contributed by atoms with Crippen LogP contribution in [-0.4, -0.2) is 47.3 Å². The minimum atomic E-state index is 0.497. The van der Waals surface area contributed by atoms with E-state index in [9.17, 15) is 0 Å². The Kier molecular flexibility index (Phi) is 4.07. The monoisotopic (exact) mass is 290 g/mol. The molecule has 1 aliphatic heterocycles. The summed E-state index contributed by atoms with van der Waals surface area (Å²) in [4.78, 5) is 6.74. The summed E-state index contributed by atoms with van der Waals surface area (Å²) in [6.07, 6.45) is 2.73. The first-order valence-corrected chi connectivity index (χ1v) is 7.46. The first-order chi connectivity index (χ1) is 10.2. The number of rotatable bonds is 4. The molecule has 0 unspecified atom stereocenters. The van der Waals surface area contributed by atoms with Gasteiger partial charge in [0, 0.05) is 31.7 Å². The van der Waals surface area contributed by atoms with E-state index in [1.807, 2.05) is 18.4 Å². The van der Waals surface area contributed by atoms with Gasteiger partial charge in [-0.1, -0.05) is 0 Å². The molecule has 2 aromatic rings. The van der Waals surface area contributed by atoms with Gasteiger partial charge in [-0.2, -0.15) is 0 Å². The predicted molar refractivity (Wildman–Crippen MR) is 79.2 cm³/mol. The number of nitrogens with zero attached hydrogens (tertiary/aromatic N) is 3. The highest BCUT2D eigenvalue weighted by atomic mass is 16.5. The van der Waals surface area contributed by atoms with Gasteiger partial charge in [0.05, 0.1) is 18.6 Å². The molecular weight excluding hydrogens is 268 g/mol. The van der Waals surface area contributed by atoms with Crippen LogP contribution >= 0.6 is 0 Å². The number of morpholine rings is 1. The van der Waals surface area contributed by atoms with Gasteiger partial charge in [0.1, 0.15) is 17.6 Å². The number of aromatic nitrogens is 2. The summed E-state index contributed by atoms with van der Waals surface area (Å²) < 4.78 is 12.8. The first-order valence-electron chi connectivity index (χ1n) is 7.46. The van der Waals surface area contributed by atoms with Gasteiger partial charge < -0.3 is 13.7 Å². The van der Waals surface area contributed by atoms with Crippen molar-refractivity contribution in [1.29, 1.82) is 5.41 Å². The third kappa shape index (κ3) is 2.87. The van der Waals surface area contributed by atoms with E-state index in [2.05, 4.69) is 9.88 Å². The van der Waals surface area contributed by atoms with Crippen molar-refractivity contribution in [3.8, 4) is 0 Å². The van der Waals surface area contributed by atoms with Gasteiger partial charge in [-0.3, -0.25) is 10.3 Å². The van der Waals surface area contributed by atoms with E-state index in [1.165, 1.54) is 0 Å². The Balaban J connectivity index is 1.70. The molecule has 0 radical (unpaired) electrons. The highest BCUT2D eigenvalue weighted by Crippen LogP contribution is 2.19. The zero-order valence-electron chi connectivity index (χ0n) is 12.7. The molecule has 0 spiro atoms. The number of nitrogens with one attached hydrogen (secondary N) is 1. The summed E-state index contributed by atoms with van der Waals surface area (Å²) in [7, 11) is 0. The SMILES string of the molecule is Cc1oc2ncn(CCCN3CCOCC3)c(=N)c2c1C. The molecular formula is C15H22N4O2. The fourth-order valence-electron chi connectivity index (χ4n) is 2.76. The second kappa shape index (κ2) is 5.99. The molecule has 3 heterocycles. The third-order valence-electron chi connectivity index (χ3n) is 4.18. The fraction of sp³-hybridized carbons (Fsp3) is 0.600. The molecule has 6 nitrogen and oxygen atoms in total. The molecule has 1 fully saturated rings. The highest BCUT2D eigenvalue weighted by Gasteiger charge is 2.12. The van der Waals surface area contributed by atoms with E-state index < -0.39 is 0 Å². The average Bonchev–Trinajstić information content (AvgIpc) is 2.78. The van der Waals surface area contributed by atoms with E-state index in [-0.39, 0.29) is 0 Å².